The number of benzene rings is 1. The topological polar surface area (TPSA) is 32.3 Å². The van der Waals surface area contributed by atoms with E-state index in [1.165, 1.54) is 11.1 Å². The zero-order valence-corrected chi connectivity index (χ0v) is 11.7. The van der Waals surface area contributed by atoms with Gasteiger partial charge in [0.15, 0.2) is 0 Å². The van der Waals surface area contributed by atoms with Crippen LogP contribution in [0.15, 0.2) is 24.3 Å². The predicted octanol–water partition coefficient (Wildman–Crippen LogP) is 3.06. The van der Waals surface area contributed by atoms with Crippen LogP contribution in [0.5, 0.6) is 0 Å². The van der Waals surface area contributed by atoms with Gasteiger partial charge in [-0.05, 0) is 35.8 Å². The summed E-state index contributed by atoms with van der Waals surface area (Å²) in [6.07, 6.45) is 2.90. The molecule has 2 N–H and O–H groups in total. The largest absolute Gasteiger partial charge is 0.392 e. The fourth-order valence-electron chi connectivity index (χ4n) is 2.83. The van der Waals surface area contributed by atoms with Crippen molar-refractivity contribution in [1.29, 1.82) is 0 Å². The van der Waals surface area contributed by atoms with E-state index in [2.05, 4.69) is 50.4 Å². The molecule has 1 aromatic rings. The summed E-state index contributed by atoms with van der Waals surface area (Å²) in [6.45, 7) is 7.19. The van der Waals surface area contributed by atoms with Gasteiger partial charge in [0, 0.05) is 12.6 Å². The molecule has 100 valence electrons. The van der Waals surface area contributed by atoms with E-state index in [1.54, 1.807) is 0 Å². The molecular formula is C16H25NO. The zero-order valence-electron chi connectivity index (χ0n) is 11.7. The highest BCUT2D eigenvalue weighted by Crippen LogP contribution is 2.30. The first-order chi connectivity index (χ1) is 8.46. The Kier molecular flexibility index (Phi) is 4.08. The van der Waals surface area contributed by atoms with Crippen molar-refractivity contribution in [2.24, 2.45) is 5.41 Å². The van der Waals surface area contributed by atoms with E-state index in [4.69, 9.17) is 0 Å². The van der Waals surface area contributed by atoms with Crippen LogP contribution in [0.2, 0.25) is 0 Å². The van der Waals surface area contributed by atoms with Crippen molar-refractivity contribution in [3.8, 4) is 0 Å². The summed E-state index contributed by atoms with van der Waals surface area (Å²) >= 11 is 0. The number of hydrogen-bond donors (Lipinski definition) is 2. The highest BCUT2D eigenvalue weighted by atomic mass is 16.3. The summed E-state index contributed by atoms with van der Waals surface area (Å²) in [5.41, 5.74) is 3.06. The van der Waals surface area contributed by atoms with Crippen LogP contribution in [0, 0.1) is 5.41 Å². The maximum absolute atomic E-state index is 10.0. The van der Waals surface area contributed by atoms with Gasteiger partial charge in [-0.3, -0.25) is 0 Å². The molecule has 1 aliphatic rings. The van der Waals surface area contributed by atoms with E-state index in [-0.39, 0.29) is 11.5 Å². The second-order valence-electron chi connectivity index (χ2n) is 6.62. The summed E-state index contributed by atoms with van der Waals surface area (Å²) < 4.78 is 0. The molecule has 0 bridgehead atoms. The summed E-state index contributed by atoms with van der Waals surface area (Å²) in [6, 6.07) is 9.05. The molecule has 2 unspecified atom stereocenters. The van der Waals surface area contributed by atoms with E-state index < -0.39 is 0 Å². The molecule has 0 aromatic heterocycles. The summed E-state index contributed by atoms with van der Waals surface area (Å²) in [7, 11) is 0. The second-order valence-corrected chi connectivity index (χ2v) is 6.62. The maximum Gasteiger partial charge on any atom is 0.0669 e. The van der Waals surface area contributed by atoms with Gasteiger partial charge in [-0.15, -0.1) is 0 Å². The summed E-state index contributed by atoms with van der Waals surface area (Å²) in [5, 5.41) is 13.5. The lowest BCUT2D eigenvalue weighted by atomic mass is 9.89. The number of aryl methyl sites for hydroxylation is 1. The number of fused-ring (bicyclic) bond motifs is 1. The van der Waals surface area contributed by atoms with Gasteiger partial charge in [0.2, 0.25) is 0 Å². The molecule has 0 fully saturated rings. The minimum Gasteiger partial charge on any atom is -0.392 e. The monoisotopic (exact) mass is 247 g/mol. The molecule has 0 saturated heterocycles. The van der Waals surface area contributed by atoms with Crippen molar-refractivity contribution in [3.63, 3.8) is 0 Å². The summed E-state index contributed by atoms with van der Waals surface area (Å²) in [4.78, 5) is 0. The van der Waals surface area contributed by atoms with Crippen LogP contribution in [0.3, 0.4) is 0 Å². The smallest absolute Gasteiger partial charge is 0.0669 e. The van der Waals surface area contributed by atoms with E-state index in [9.17, 15) is 5.11 Å². The van der Waals surface area contributed by atoms with Gasteiger partial charge in [0.25, 0.3) is 0 Å². The van der Waals surface area contributed by atoms with Crippen LogP contribution >= 0.6 is 0 Å². The Balaban J connectivity index is 1.85. The van der Waals surface area contributed by atoms with E-state index in [0.717, 1.165) is 19.3 Å². The average molecular weight is 247 g/mol. The molecule has 0 heterocycles. The molecule has 1 aromatic carbocycles. The zero-order chi connectivity index (χ0) is 13.2. The lowest BCUT2D eigenvalue weighted by molar-refractivity contribution is 0.116. The Hall–Kier alpha value is -0.860. The SMILES string of the molecule is CC(C)(C)CC(O)CNC1CCc2ccccc21. The van der Waals surface area contributed by atoms with Crippen molar-refractivity contribution in [2.45, 2.75) is 52.2 Å². The van der Waals surface area contributed by atoms with Gasteiger partial charge >= 0.3 is 0 Å². The third-order valence-corrected chi connectivity index (χ3v) is 3.58. The number of nitrogens with one attached hydrogen (secondary N) is 1. The first kappa shape index (κ1) is 13.6. The van der Waals surface area contributed by atoms with Crippen molar-refractivity contribution < 1.29 is 5.11 Å². The minimum atomic E-state index is -0.252. The lowest BCUT2D eigenvalue weighted by Gasteiger charge is -2.24. The Labute approximate surface area is 110 Å². The molecule has 2 heteroatoms. The van der Waals surface area contributed by atoms with E-state index in [0.29, 0.717) is 12.6 Å². The number of hydrogen-bond acceptors (Lipinski definition) is 2. The molecule has 0 spiro atoms. The maximum atomic E-state index is 10.0. The van der Waals surface area contributed by atoms with Crippen molar-refractivity contribution >= 4 is 0 Å². The van der Waals surface area contributed by atoms with Gasteiger partial charge in [0.1, 0.15) is 0 Å². The molecule has 2 nitrogen and oxygen atoms in total. The van der Waals surface area contributed by atoms with E-state index in [1.807, 2.05) is 0 Å². The van der Waals surface area contributed by atoms with Gasteiger partial charge in [-0.25, -0.2) is 0 Å². The van der Waals surface area contributed by atoms with Crippen LogP contribution in [0.1, 0.15) is 50.8 Å². The van der Waals surface area contributed by atoms with Crippen LogP contribution in [-0.4, -0.2) is 17.8 Å². The van der Waals surface area contributed by atoms with Crippen LogP contribution in [0.25, 0.3) is 0 Å². The lowest BCUT2D eigenvalue weighted by Crippen LogP contribution is -2.32. The first-order valence-corrected chi connectivity index (χ1v) is 6.95. The van der Waals surface area contributed by atoms with Gasteiger partial charge in [-0.2, -0.15) is 0 Å². The van der Waals surface area contributed by atoms with Crippen LogP contribution in [-0.2, 0) is 6.42 Å². The molecular weight excluding hydrogens is 222 g/mol. The Morgan fingerprint density at radius 1 is 1.33 bits per heavy atom. The van der Waals surface area contributed by atoms with Crippen LogP contribution in [0.4, 0.5) is 0 Å². The van der Waals surface area contributed by atoms with Gasteiger partial charge in [0.05, 0.1) is 6.10 Å². The highest BCUT2D eigenvalue weighted by molar-refractivity contribution is 5.34. The van der Waals surface area contributed by atoms with Crippen molar-refractivity contribution in [1.82, 2.24) is 5.32 Å². The second kappa shape index (κ2) is 5.41. The fourth-order valence-corrected chi connectivity index (χ4v) is 2.83. The Morgan fingerprint density at radius 3 is 2.78 bits per heavy atom. The Morgan fingerprint density at radius 2 is 2.06 bits per heavy atom. The molecule has 0 aliphatic heterocycles. The third kappa shape index (κ3) is 3.56. The van der Waals surface area contributed by atoms with Crippen molar-refractivity contribution in [3.05, 3.63) is 35.4 Å². The molecule has 0 saturated carbocycles. The molecule has 1 aliphatic carbocycles. The van der Waals surface area contributed by atoms with E-state index >= 15 is 0 Å². The normalized spacial score (nSPS) is 20.8. The average Bonchev–Trinajstić information content (AvgIpc) is 2.67. The Bertz CT molecular complexity index is 394. The number of rotatable bonds is 4. The predicted molar refractivity (Wildman–Crippen MR) is 75.6 cm³/mol. The molecule has 18 heavy (non-hydrogen) atoms. The number of aliphatic hydroxyl groups excluding tert-OH is 1. The molecule has 0 amide bonds. The summed E-state index contributed by atoms with van der Waals surface area (Å²) in [5.74, 6) is 0. The highest BCUT2D eigenvalue weighted by Gasteiger charge is 2.23. The minimum absolute atomic E-state index is 0.189. The standard InChI is InChI=1S/C16H25NO/c1-16(2,3)10-13(18)11-17-15-9-8-12-6-4-5-7-14(12)15/h4-7,13,15,17-18H,8-11H2,1-3H3. The van der Waals surface area contributed by atoms with Gasteiger partial charge in [-0.1, -0.05) is 45.0 Å². The van der Waals surface area contributed by atoms with Gasteiger partial charge < -0.3 is 10.4 Å². The quantitative estimate of drug-likeness (QED) is 0.857. The van der Waals surface area contributed by atoms with Crippen LogP contribution < -0.4 is 5.32 Å². The molecule has 0 radical (unpaired) electrons. The third-order valence-electron chi connectivity index (χ3n) is 3.58. The molecule has 2 rings (SSSR count). The number of aliphatic hydroxyl groups is 1. The van der Waals surface area contributed by atoms with Crippen molar-refractivity contribution in [2.75, 3.05) is 6.54 Å². The molecule has 2 atom stereocenters. The first-order valence-electron chi connectivity index (χ1n) is 6.95. The fraction of sp³-hybridized carbons (Fsp3) is 0.625.